The number of aryl methyl sites for hydroxylation is 2. The summed E-state index contributed by atoms with van der Waals surface area (Å²) in [4.78, 5) is 0. The molecule has 0 bridgehead atoms. The summed E-state index contributed by atoms with van der Waals surface area (Å²) < 4.78 is 0. The van der Waals surface area contributed by atoms with Gasteiger partial charge in [0.15, 0.2) is 0 Å². The standard InChI is InChI=1S/C13H11N/c1-9-3-4-11-5-6-12(8-14)10(2)13(11)7-9/h3-7H,1-2H3. The highest BCUT2D eigenvalue weighted by Gasteiger charge is 2.02. The average molecular weight is 181 g/mol. The number of hydrogen-bond acceptors (Lipinski definition) is 1. The molecule has 2 rings (SSSR count). The molecular formula is C13H11N. The number of rotatable bonds is 0. The maximum absolute atomic E-state index is 8.90. The van der Waals surface area contributed by atoms with Crippen LogP contribution in [0.4, 0.5) is 0 Å². The minimum atomic E-state index is 0.767. The van der Waals surface area contributed by atoms with Crippen LogP contribution in [0.25, 0.3) is 10.8 Å². The van der Waals surface area contributed by atoms with Gasteiger partial charge < -0.3 is 0 Å². The van der Waals surface area contributed by atoms with Crippen molar-refractivity contribution < 1.29 is 0 Å². The zero-order valence-electron chi connectivity index (χ0n) is 8.33. The summed E-state index contributed by atoms with van der Waals surface area (Å²) in [6.07, 6.45) is 0. The fraction of sp³-hybridized carbons (Fsp3) is 0.154. The highest BCUT2D eigenvalue weighted by molar-refractivity contribution is 5.87. The van der Waals surface area contributed by atoms with Crippen molar-refractivity contribution in [2.75, 3.05) is 0 Å². The molecule has 0 unspecified atom stereocenters. The number of benzene rings is 2. The van der Waals surface area contributed by atoms with Gasteiger partial charge in [0.05, 0.1) is 11.6 Å². The highest BCUT2D eigenvalue weighted by Crippen LogP contribution is 2.22. The zero-order valence-corrected chi connectivity index (χ0v) is 8.33. The molecule has 2 aromatic rings. The van der Waals surface area contributed by atoms with Crippen molar-refractivity contribution >= 4 is 10.8 Å². The Morgan fingerprint density at radius 2 is 1.79 bits per heavy atom. The first-order valence-electron chi connectivity index (χ1n) is 4.62. The van der Waals surface area contributed by atoms with Crippen LogP contribution in [0.1, 0.15) is 16.7 Å². The Morgan fingerprint density at radius 3 is 2.50 bits per heavy atom. The normalized spacial score (nSPS) is 10.1. The molecule has 0 aliphatic heterocycles. The first-order valence-corrected chi connectivity index (χ1v) is 4.62. The van der Waals surface area contributed by atoms with Gasteiger partial charge in [0, 0.05) is 0 Å². The van der Waals surface area contributed by atoms with E-state index >= 15 is 0 Å². The van der Waals surface area contributed by atoms with Crippen molar-refractivity contribution in [1.82, 2.24) is 0 Å². The smallest absolute Gasteiger partial charge is 0.0994 e. The van der Waals surface area contributed by atoms with E-state index in [4.69, 9.17) is 5.26 Å². The quantitative estimate of drug-likeness (QED) is 0.611. The molecule has 0 atom stereocenters. The third-order valence-corrected chi connectivity index (χ3v) is 2.57. The first-order chi connectivity index (χ1) is 6.72. The fourth-order valence-corrected chi connectivity index (χ4v) is 1.70. The second kappa shape index (κ2) is 3.16. The summed E-state index contributed by atoms with van der Waals surface area (Å²) in [5.41, 5.74) is 3.08. The second-order valence-corrected chi connectivity index (χ2v) is 3.57. The van der Waals surface area contributed by atoms with Crippen molar-refractivity contribution in [3.05, 3.63) is 47.0 Å². The van der Waals surface area contributed by atoms with E-state index in [0.717, 1.165) is 11.1 Å². The molecule has 0 heterocycles. The Bertz CT molecular complexity index is 533. The van der Waals surface area contributed by atoms with Crippen molar-refractivity contribution in [3.63, 3.8) is 0 Å². The molecule has 0 saturated heterocycles. The summed E-state index contributed by atoms with van der Waals surface area (Å²) in [5.74, 6) is 0. The van der Waals surface area contributed by atoms with Crippen molar-refractivity contribution in [2.45, 2.75) is 13.8 Å². The van der Waals surface area contributed by atoms with Gasteiger partial charge in [-0.1, -0.05) is 29.8 Å². The van der Waals surface area contributed by atoms with Gasteiger partial charge in [-0.05, 0) is 36.2 Å². The van der Waals surface area contributed by atoms with Gasteiger partial charge in [0.2, 0.25) is 0 Å². The van der Waals surface area contributed by atoms with Crippen LogP contribution in [0.15, 0.2) is 30.3 Å². The maximum atomic E-state index is 8.90. The Kier molecular flexibility index (Phi) is 1.98. The SMILES string of the molecule is Cc1ccc2ccc(C#N)c(C)c2c1. The lowest BCUT2D eigenvalue weighted by Crippen LogP contribution is -1.85. The molecule has 1 nitrogen and oxygen atoms in total. The van der Waals surface area contributed by atoms with Crippen LogP contribution in [-0.4, -0.2) is 0 Å². The van der Waals surface area contributed by atoms with E-state index in [1.165, 1.54) is 16.3 Å². The number of hydrogen-bond donors (Lipinski definition) is 0. The Morgan fingerprint density at radius 1 is 1.07 bits per heavy atom. The largest absolute Gasteiger partial charge is 0.192 e. The van der Waals surface area contributed by atoms with Gasteiger partial charge in [-0.15, -0.1) is 0 Å². The van der Waals surface area contributed by atoms with Crippen LogP contribution in [0.2, 0.25) is 0 Å². The molecular weight excluding hydrogens is 170 g/mol. The molecule has 68 valence electrons. The maximum Gasteiger partial charge on any atom is 0.0994 e. The third-order valence-electron chi connectivity index (χ3n) is 2.57. The lowest BCUT2D eigenvalue weighted by atomic mass is 9.99. The number of nitriles is 1. The number of nitrogens with zero attached hydrogens (tertiary/aromatic N) is 1. The van der Waals surface area contributed by atoms with Crippen LogP contribution in [-0.2, 0) is 0 Å². The third kappa shape index (κ3) is 1.25. The van der Waals surface area contributed by atoms with E-state index in [-0.39, 0.29) is 0 Å². The van der Waals surface area contributed by atoms with Gasteiger partial charge >= 0.3 is 0 Å². The van der Waals surface area contributed by atoms with E-state index in [1.54, 1.807) is 0 Å². The molecule has 0 radical (unpaired) electrons. The minimum Gasteiger partial charge on any atom is -0.192 e. The topological polar surface area (TPSA) is 23.8 Å². The molecule has 0 aliphatic rings. The first kappa shape index (κ1) is 8.77. The Labute approximate surface area is 83.6 Å². The van der Waals surface area contributed by atoms with Crippen LogP contribution in [0.5, 0.6) is 0 Å². The van der Waals surface area contributed by atoms with E-state index in [9.17, 15) is 0 Å². The molecule has 0 saturated carbocycles. The molecule has 14 heavy (non-hydrogen) atoms. The highest BCUT2D eigenvalue weighted by atomic mass is 14.2. The fourth-order valence-electron chi connectivity index (χ4n) is 1.70. The van der Waals surface area contributed by atoms with Crippen molar-refractivity contribution in [3.8, 4) is 6.07 Å². The molecule has 0 aromatic heterocycles. The summed E-state index contributed by atoms with van der Waals surface area (Å²) in [5, 5.41) is 11.3. The summed E-state index contributed by atoms with van der Waals surface area (Å²) >= 11 is 0. The Hall–Kier alpha value is -1.81. The molecule has 2 aromatic carbocycles. The van der Waals surface area contributed by atoms with Gasteiger partial charge in [0.25, 0.3) is 0 Å². The number of fused-ring (bicyclic) bond motifs is 1. The minimum absolute atomic E-state index is 0.767. The van der Waals surface area contributed by atoms with Crippen molar-refractivity contribution in [1.29, 1.82) is 5.26 Å². The lowest BCUT2D eigenvalue weighted by Gasteiger charge is -2.04. The van der Waals surface area contributed by atoms with E-state index in [0.29, 0.717) is 0 Å². The van der Waals surface area contributed by atoms with Gasteiger partial charge in [-0.2, -0.15) is 5.26 Å². The van der Waals surface area contributed by atoms with Gasteiger partial charge in [0.1, 0.15) is 0 Å². The van der Waals surface area contributed by atoms with E-state index in [1.807, 2.05) is 19.1 Å². The molecule has 1 heteroatoms. The molecule has 0 amide bonds. The molecule has 0 aliphatic carbocycles. The van der Waals surface area contributed by atoms with Crippen LogP contribution in [0.3, 0.4) is 0 Å². The van der Waals surface area contributed by atoms with Crippen molar-refractivity contribution in [2.24, 2.45) is 0 Å². The Balaban J connectivity index is 2.88. The summed E-state index contributed by atoms with van der Waals surface area (Å²) in [6, 6.07) is 12.4. The van der Waals surface area contributed by atoms with E-state index in [2.05, 4.69) is 31.2 Å². The zero-order chi connectivity index (χ0) is 10.1. The van der Waals surface area contributed by atoms with Crippen LogP contribution < -0.4 is 0 Å². The molecule has 0 spiro atoms. The lowest BCUT2D eigenvalue weighted by molar-refractivity contribution is 1.41. The van der Waals surface area contributed by atoms with Crippen LogP contribution >= 0.6 is 0 Å². The van der Waals surface area contributed by atoms with Gasteiger partial charge in [-0.25, -0.2) is 0 Å². The summed E-state index contributed by atoms with van der Waals surface area (Å²) in [7, 11) is 0. The predicted octanol–water partition coefficient (Wildman–Crippen LogP) is 3.33. The second-order valence-electron chi connectivity index (χ2n) is 3.57. The summed E-state index contributed by atoms with van der Waals surface area (Å²) in [6.45, 7) is 4.07. The van der Waals surface area contributed by atoms with Crippen LogP contribution in [0, 0.1) is 25.2 Å². The predicted molar refractivity (Wildman–Crippen MR) is 58.1 cm³/mol. The molecule has 0 fully saturated rings. The molecule has 0 N–H and O–H groups in total. The monoisotopic (exact) mass is 181 g/mol. The van der Waals surface area contributed by atoms with Gasteiger partial charge in [-0.3, -0.25) is 0 Å². The van der Waals surface area contributed by atoms with E-state index < -0.39 is 0 Å². The average Bonchev–Trinajstić information content (AvgIpc) is 2.20.